The highest BCUT2D eigenvalue weighted by Crippen LogP contribution is 2.06. The minimum atomic E-state index is -0.689. The van der Waals surface area contributed by atoms with Gasteiger partial charge in [0, 0.05) is 19.2 Å². The van der Waals surface area contributed by atoms with Crippen LogP contribution < -0.4 is 10.1 Å². The van der Waals surface area contributed by atoms with Crippen molar-refractivity contribution in [2.24, 2.45) is 0 Å². The molecule has 0 aliphatic heterocycles. The molecule has 0 fully saturated rings. The van der Waals surface area contributed by atoms with E-state index in [1.165, 1.54) is 7.11 Å². The molecule has 6 heteroatoms. The smallest absolute Gasteiger partial charge is 0.325 e. The number of nitrogens with zero attached hydrogens (tertiary/aromatic N) is 1. The van der Waals surface area contributed by atoms with Crippen molar-refractivity contribution < 1.29 is 14.3 Å². The number of alkyl halides is 1. The van der Waals surface area contributed by atoms with Gasteiger partial charge in [-0.05, 0) is 6.07 Å². The number of hydrogen-bond acceptors (Lipinski definition) is 5. The van der Waals surface area contributed by atoms with Gasteiger partial charge in [-0.3, -0.25) is 4.79 Å². The van der Waals surface area contributed by atoms with Gasteiger partial charge in [-0.2, -0.15) is 0 Å². The fourth-order valence-electron chi connectivity index (χ4n) is 1.21. The first-order chi connectivity index (χ1) is 8.17. The van der Waals surface area contributed by atoms with Gasteiger partial charge < -0.3 is 14.8 Å². The topological polar surface area (TPSA) is 60.5 Å². The molecule has 1 N–H and O–H groups in total. The molecule has 1 unspecified atom stereocenters. The molecular weight excluding hydrogens is 244 g/mol. The van der Waals surface area contributed by atoms with Crippen molar-refractivity contribution in [3.63, 3.8) is 0 Å². The first-order valence-electron chi connectivity index (χ1n) is 5.10. The third-order valence-corrected chi connectivity index (χ3v) is 2.41. The molecule has 0 aliphatic rings. The molecule has 17 heavy (non-hydrogen) atoms. The predicted molar refractivity (Wildman–Crippen MR) is 64.2 cm³/mol. The van der Waals surface area contributed by atoms with Crippen LogP contribution in [0, 0.1) is 0 Å². The van der Waals surface area contributed by atoms with Crippen molar-refractivity contribution >= 4 is 17.6 Å². The van der Waals surface area contributed by atoms with E-state index in [1.807, 2.05) is 12.1 Å². The third kappa shape index (κ3) is 4.58. The summed E-state index contributed by atoms with van der Waals surface area (Å²) in [6, 6.07) is 5.47. The van der Waals surface area contributed by atoms with Crippen molar-refractivity contribution in [2.75, 3.05) is 20.8 Å². The van der Waals surface area contributed by atoms with E-state index >= 15 is 0 Å². The first kappa shape index (κ1) is 13.7. The van der Waals surface area contributed by atoms with E-state index in [-0.39, 0.29) is 0 Å². The highest BCUT2D eigenvalue weighted by Gasteiger charge is 2.14. The maximum absolute atomic E-state index is 11.0. The number of carbonyl (C=O) groups is 1. The molecule has 0 saturated carbocycles. The Balaban J connectivity index is 2.37. The Kier molecular flexibility index (Phi) is 5.72. The Hall–Kier alpha value is -1.33. The van der Waals surface area contributed by atoms with Crippen LogP contribution in [0.1, 0.15) is 5.69 Å². The summed E-state index contributed by atoms with van der Waals surface area (Å²) in [6.07, 6.45) is 0. The van der Waals surface area contributed by atoms with Crippen LogP contribution in [0.15, 0.2) is 18.2 Å². The Labute approximate surface area is 105 Å². The van der Waals surface area contributed by atoms with E-state index in [9.17, 15) is 4.79 Å². The van der Waals surface area contributed by atoms with Gasteiger partial charge in [0.1, 0.15) is 5.38 Å². The summed E-state index contributed by atoms with van der Waals surface area (Å²) >= 11 is 5.77. The van der Waals surface area contributed by atoms with Crippen LogP contribution in [0.4, 0.5) is 0 Å². The van der Waals surface area contributed by atoms with Gasteiger partial charge in [-0.25, -0.2) is 4.98 Å². The van der Waals surface area contributed by atoms with Gasteiger partial charge in [0.15, 0.2) is 0 Å². The molecule has 1 aromatic heterocycles. The molecule has 1 rings (SSSR count). The average molecular weight is 259 g/mol. The largest absolute Gasteiger partial charge is 0.481 e. The molecule has 1 atom stereocenters. The monoisotopic (exact) mass is 258 g/mol. The second kappa shape index (κ2) is 7.09. The van der Waals surface area contributed by atoms with E-state index in [0.717, 1.165) is 5.69 Å². The van der Waals surface area contributed by atoms with Gasteiger partial charge in [0.05, 0.1) is 19.9 Å². The number of carbonyl (C=O) groups excluding carboxylic acids is 1. The Morgan fingerprint density at radius 2 is 2.29 bits per heavy atom. The fourth-order valence-corrected chi connectivity index (χ4v) is 1.41. The van der Waals surface area contributed by atoms with Gasteiger partial charge in [0.25, 0.3) is 0 Å². The summed E-state index contributed by atoms with van der Waals surface area (Å²) in [4.78, 5) is 15.2. The van der Waals surface area contributed by atoms with E-state index < -0.39 is 11.3 Å². The summed E-state index contributed by atoms with van der Waals surface area (Å²) in [5, 5.41) is 2.33. The van der Waals surface area contributed by atoms with Gasteiger partial charge in [-0.15, -0.1) is 11.6 Å². The second-order valence-corrected chi connectivity index (χ2v) is 3.82. The number of rotatable bonds is 6. The van der Waals surface area contributed by atoms with Crippen molar-refractivity contribution in [3.05, 3.63) is 23.9 Å². The lowest BCUT2D eigenvalue weighted by Gasteiger charge is -2.08. The summed E-state index contributed by atoms with van der Waals surface area (Å²) in [6.45, 7) is 0.838. The number of nitrogens with one attached hydrogen (secondary N) is 1. The quantitative estimate of drug-likeness (QED) is 0.608. The van der Waals surface area contributed by atoms with Crippen molar-refractivity contribution in [3.8, 4) is 5.88 Å². The molecule has 1 heterocycles. The van der Waals surface area contributed by atoms with Gasteiger partial charge in [-0.1, -0.05) is 6.07 Å². The number of methoxy groups -OCH3 is 2. The minimum Gasteiger partial charge on any atom is -0.481 e. The van der Waals surface area contributed by atoms with E-state index in [0.29, 0.717) is 19.0 Å². The van der Waals surface area contributed by atoms with Crippen molar-refractivity contribution in [2.45, 2.75) is 11.9 Å². The summed E-state index contributed by atoms with van der Waals surface area (Å²) in [7, 11) is 2.87. The van der Waals surface area contributed by atoms with Crippen LogP contribution in [0.2, 0.25) is 0 Å². The van der Waals surface area contributed by atoms with Gasteiger partial charge in [0.2, 0.25) is 5.88 Å². The highest BCUT2D eigenvalue weighted by molar-refractivity contribution is 6.30. The lowest BCUT2D eigenvalue weighted by atomic mass is 10.3. The lowest BCUT2D eigenvalue weighted by molar-refractivity contribution is -0.140. The van der Waals surface area contributed by atoms with Crippen LogP contribution in [0.25, 0.3) is 0 Å². The molecule has 5 nitrogen and oxygen atoms in total. The maximum atomic E-state index is 11.0. The van der Waals surface area contributed by atoms with E-state index in [4.69, 9.17) is 16.3 Å². The standard InChI is InChI=1S/C11H15ClN2O3/c1-16-10-5-3-4-8(14-10)6-13-7-9(12)11(15)17-2/h3-5,9,13H,6-7H2,1-2H3. The third-order valence-electron chi connectivity index (χ3n) is 2.08. The van der Waals surface area contributed by atoms with Gasteiger partial charge >= 0.3 is 5.97 Å². The van der Waals surface area contributed by atoms with Crippen LogP contribution in [-0.4, -0.2) is 37.1 Å². The first-order valence-corrected chi connectivity index (χ1v) is 5.53. The molecular formula is C11H15ClN2O3. The SMILES string of the molecule is COC(=O)C(Cl)CNCc1cccc(OC)n1. The number of halogens is 1. The molecule has 0 aliphatic carbocycles. The molecule has 0 aromatic carbocycles. The highest BCUT2D eigenvalue weighted by atomic mass is 35.5. The molecule has 94 valence electrons. The second-order valence-electron chi connectivity index (χ2n) is 3.29. The molecule has 0 amide bonds. The summed E-state index contributed by atoms with van der Waals surface area (Å²) in [5.41, 5.74) is 0.818. The van der Waals surface area contributed by atoms with Crippen LogP contribution in [0.3, 0.4) is 0 Å². The zero-order chi connectivity index (χ0) is 12.7. The molecule has 0 spiro atoms. The summed E-state index contributed by atoms with van der Waals surface area (Å²) < 4.78 is 9.50. The van der Waals surface area contributed by atoms with Crippen LogP contribution in [-0.2, 0) is 16.1 Å². The van der Waals surface area contributed by atoms with E-state index in [1.54, 1.807) is 13.2 Å². The molecule has 1 aromatic rings. The van der Waals surface area contributed by atoms with E-state index in [2.05, 4.69) is 15.0 Å². The maximum Gasteiger partial charge on any atom is 0.325 e. The molecule has 0 radical (unpaired) electrons. The van der Waals surface area contributed by atoms with Crippen LogP contribution >= 0.6 is 11.6 Å². The number of ether oxygens (including phenoxy) is 2. The van der Waals surface area contributed by atoms with Crippen molar-refractivity contribution in [1.82, 2.24) is 10.3 Å². The number of aromatic nitrogens is 1. The fraction of sp³-hybridized carbons (Fsp3) is 0.455. The number of hydrogen-bond donors (Lipinski definition) is 1. The number of esters is 1. The Morgan fingerprint density at radius 1 is 1.53 bits per heavy atom. The molecule has 0 saturated heterocycles. The normalized spacial score (nSPS) is 11.9. The van der Waals surface area contributed by atoms with Crippen LogP contribution in [0.5, 0.6) is 5.88 Å². The minimum absolute atomic E-state index is 0.327. The predicted octanol–water partition coefficient (Wildman–Crippen LogP) is 0.960. The summed E-state index contributed by atoms with van der Waals surface area (Å²) in [5.74, 6) is 0.109. The zero-order valence-electron chi connectivity index (χ0n) is 9.77. The average Bonchev–Trinajstić information content (AvgIpc) is 2.37. The van der Waals surface area contributed by atoms with Crippen molar-refractivity contribution in [1.29, 1.82) is 0 Å². The zero-order valence-corrected chi connectivity index (χ0v) is 10.5. The Morgan fingerprint density at radius 3 is 2.94 bits per heavy atom. The Bertz CT molecular complexity index is 373. The lowest BCUT2D eigenvalue weighted by Crippen LogP contribution is -2.30. The number of pyridine rings is 1. The molecule has 0 bridgehead atoms.